The minimum absolute atomic E-state index is 0.170. The zero-order valence-corrected chi connectivity index (χ0v) is 9.53. The maximum atomic E-state index is 11.5. The van der Waals surface area contributed by atoms with Gasteiger partial charge in [-0.2, -0.15) is 0 Å². The number of Topliss-reactive ketones (excluding diaryl/α,β-unsaturated/α-hetero) is 1. The van der Waals surface area contributed by atoms with Gasteiger partial charge in [-0.1, -0.05) is 19.1 Å². The van der Waals surface area contributed by atoms with Crippen molar-refractivity contribution in [2.45, 2.75) is 39.0 Å². The summed E-state index contributed by atoms with van der Waals surface area (Å²) >= 11 is 0. The van der Waals surface area contributed by atoms with Crippen molar-refractivity contribution < 1.29 is 4.79 Å². The van der Waals surface area contributed by atoms with Crippen LogP contribution in [0.25, 0.3) is 0 Å². The predicted molar refractivity (Wildman–Crippen MR) is 56.4 cm³/mol. The van der Waals surface area contributed by atoms with Crippen molar-refractivity contribution in [3.05, 3.63) is 11.9 Å². The number of aromatic nitrogens is 3. The van der Waals surface area contributed by atoms with Gasteiger partial charge in [0, 0.05) is 25.8 Å². The van der Waals surface area contributed by atoms with Gasteiger partial charge in [0.1, 0.15) is 5.78 Å². The molecule has 2 rings (SSSR count). The maximum Gasteiger partial charge on any atom is 0.133 e. The Labute approximate surface area is 89.7 Å². The standard InChI is InChI=1S/C11H17N3O/c1-11(2)5-4-8(15)6-9(11)10-7-12-13-14(10)3/h7,9H,4-6H2,1-3H3. The Bertz CT molecular complexity index is 381. The predicted octanol–water partition coefficient (Wildman–Crippen LogP) is 1.68. The molecule has 4 nitrogen and oxygen atoms in total. The van der Waals surface area contributed by atoms with Crippen molar-refractivity contribution in [3.63, 3.8) is 0 Å². The van der Waals surface area contributed by atoms with Crippen LogP contribution in [0.4, 0.5) is 0 Å². The Morgan fingerprint density at radius 3 is 2.87 bits per heavy atom. The molecule has 15 heavy (non-hydrogen) atoms. The van der Waals surface area contributed by atoms with Gasteiger partial charge < -0.3 is 0 Å². The third-order valence-corrected chi connectivity index (χ3v) is 3.53. The molecular weight excluding hydrogens is 190 g/mol. The molecule has 82 valence electrons. The lowest BCUT2D eigenvalue weighted by atomic mass is 9.67. The van der Waals surface area contributed by atoms with Gasteiger partial charge in [-0.15, -0.1) is 5.10 Å². The molecule has 0 aromatic carbocycles. The molecule has 1 unspecified atom stereocenters. The van der Waals surface area contributed by atoms with Crippen LogP contribution in [0.5, 0.6) is 0 Å². The van der Waals surface area contributed by atoms with E-state index in [9.17, 15) is 4.79 Å². The Hall–Kier alpha value is -1.19. The summed E-state index contributed by atoms with van der Waals surface area (Å²) in [6.07, 6.45) is 4.09. The molecule has 1 saturated carbocycles. The second-order valence-electron chi connectivity index (χ2n) is 5.07. The molecule has 0 bridgehead atoms. The van der Waals surface area contributed by atoms with Crippen LogP contribution in [0.3, 0.4) is 0 Å². The maximum absolute atomic E-state index is 11.5. The molecule has 1 aliphatic rings. The average molecular weight is 207 g/mol. The van der Waals surface area contributed by atoms with E-state index in [1.54, 1.807) is 10.9 Å². The summed E-state index contributed by atoms with van der Waals surface area (Å²) in [4.78, 5) is 11.5. The number of nitrogens with zero attached hydrogens (tertiary/aromatic N) is 3. The molecule has 1 aliphatic carbocycles. The molecule has 1 aromatic rings. The van der Waals surface area contributed by atoms with Gasteiger partial charge >= 0.3 is 0 Å². The Balaban J connectivity index is 2.33. The first-order valence-electron chi connectivity index (χ1n) is 5.37. The van der Waals surface area contributed by atoms with Crippen molar-refractivity contribution in [1.29, 1.82) is 0 Å². The van der Waals surface area contributed by atoms with Crippen LogP contribution in [0.1, 0.15) is 44.7 Å². The van der Waals surface area contributed by atoms with Crippen molar-refractivity contribution in [2.75, 3.05) is 0 Å². The molecule has 1 atom stereocenters. The summed E-state index contributed by atoms with van der Waals surface area (Å²) in [5, 5.41) is 7.83. The largest absolute Gasteiger partial charge is 0.300 e. The highest BCUT2D eigenvalue weighted by atomic mass is 16.1. The number of aryl methyl sites for hydroxylation is 1. The van der Waals surface area contributed by atoms with E-state index in [1.807, 2.05) is 7.05 Å². The molecule has 0 spiro atoms. The smallest absolute Gasteiger partial charge is 0.133 e. The second-order valence-corrected chi connectivity index (χ2v) is 5.07. The van der Waals surface area contributed by atoms with Gasteiger partial charge in [0.2, 0.25) is 0 Å². The topological polar surface area (TPSA) is 47.8 Å². The number of carbonyl (C=O) groups is 1. The minimum atomic E-state index is 0.170. The summed E-state index contributed by atoms with van der Waals surface area (Å²) in [7, 11) is 1.89. The number of carbonyl (C=O) groups excluding carboxylic acids is 1. The lowest BCUT2D eigenvalue weighted by Crippen LogP contribution is -2.31. The lowest BCUT2D eigenvalue weighted by molar-refractivity contribution is -0.122. The summed E-state index contributed by atoms with van der Waals surface area (Å²) < 4.78 is 1.78. The van der Waals surface area contributed by atoms with Gasteiger partial charge in [0.15, 0.2) is 0 Å². The molecule has 1 aromatic heterocycles. The van der Waals surface area contributed by atoms with Gasteiger partial charge in [0.25, 0.3) is 0 Å². The first kappa shape index (κ1) is 10.3. The van der Waals surface area contributed by atoms with Gasteiger partial charge in [-0.05, 0) is 11.8 Å². The summed E-state index contributed by atoms with van der Waals surface area (Å²) in [6, 6.07) is 0. The van der Waals surface area contributed by atoms with Crippen molar-refractivity contribution >= 4 is 5.78 Å². The first-order chi connectivity index (χ1) is 7.00. The van der Waals surface area contributed by atoms with Crippen LogP contribution < -0.4 is 0 Å². The van der Waals surface area contributed by atoms with Crippen LogP contribution in [0.15, 0.2) is 6.20 Å². The molecule has 0 amide bonds. The molecule has 0 saturated heterocycles. The van der Waals surface area contributed by atoms with Crippen LogP contribution in [-0.4, -0.2) is 20.8 Å². The number of ketones is 1. The van der Waals surface area contributed by atoms with E-state index >= 15 is 0 Å². The Morgan fingerprint density at radius 1 is 1.53 bits per heavy atom. The van der Waals surface area contributed by atoms with E-state index in [-0.39, 0.29) is 11.3 Å². The number of rotatable bonds is 1. The van der Waals surface area contributed by atoms with E-state index in [4.69, 9.17) is 0 Å². The zero-order chi connectivity index (χ0) is 11.1. The quantitative estimate of drug-likeness (QED) is 0.704. The molecule has 1 fully saturated rings. The third-order valence-electron chi connectivity index (χ3n) is 3.53. The summed E-state index contributed by atoms with van der Waals surface area (Å²) in [5.74, 6) is 0.624. The van der Waals surface area contributed by atoms with Crippen LogP contribution in [0.2, 0.25) is 0 Å². The van der Waals surface area contributed by atoms with Crippen LogP contribution >= 0.6 is 0 Å². The zero-order valence-electron chi connectivity index (χ0n) is 9.53. The summed E-state index contributed by atoms with van der Waals surface area (Å²) in [6.45, 7) is 4.44. The van der Waals surface area contributed by atoms with Crippen molar-refractivity contribution in [3.8, 4) is 0 Å². The fourth-order valence-electron chi connectivity index (χ4n) is 2.36. The van der Waals surface area contributed by atoms with E-state index < -0.39 is 0 Å². The van der Waals surface area contributed by atoms with Crippen molar-refractivity contribution in [2.24, 2.45) is 12.5 Å². The summed E-state index contributed by atoms with van der Waals surface area (Å²) in [5.41, 5.74) is 1.25. The van der Waals surface area contributed by atoms with Crippen LogP contribution in [-0.2, 0) is 11.8 Å². The SMILES string of the molecule is Cn1nncc1C1CC(=O)CCC1(C)C. The second kappa shape index (κ2) is 3.43. The highest BCUT2D eigenvalue weighted by Crippen LogP contribution is 2.44. The van der Waals surface area contributed by atoms with E-state index in [2.05, 4.69) is 24.2 Å². The monoisotopic (exact) mass is 207 g/mol. The molecule has 4 heteroatoms. The number of hydrogen-bond acceptors (Lipinski definition) is 3. The Kier molecular flexibility index (Phi) is 2.37. The van der Waals surface area contributed by atoms with E-state index in [0.29, 0.717) is 12.2 Å². The molecule has 0 radical (unpaired) electrons. The van der Waals surface area contributed by atoms with Crippen molar-refractivity contribution in [1.82, 2.24) is 15.0 Å². The van der Waals surface area contributed by atoms with E-state index in [1.165, 1.54) is 0 Å². The van der Waals surface area contributed by atoms with Gasteiger partial charge in [0.05, 0.1) is 11.9 Å². The minimum Gasteiger partial charge on any atom is -0.300 e. The first-order valence-corrected chi connectivity index (χ1v) is 5.37. The normalized spacial score (nSPS) is 25.5. The Morgan fingerprint density at radius 2 is 2.27 bits per heavy atom. The van der Waals surface area contributed by atoms with Crippen LogP contribution in [0, 0.1) is 5.41 Å². The lowest BCUT2D eigenvalue weighted by Gasteiger charge is -2.37. The molecule has 0 aliphatic heterocycles. The average Bonchev–Trinajstić information content (AvgIpc) is 2.56. The highest BCUT2D eigenvalue weighted by molar-refractivity contribution is 5.80. The molecule has 0 N–H and O–H groups in total. The molecular formula is C11H17N3O. The van der Waals surface area contributed by atoms with E-state index in [0.717, 1.165) is 18.5 Å². The molecule has 1 heterocycles. The highest BCUT2D eigenvalue weighted by Gasteiger charge is 2.38. The van der Waals surface area contributed by atoms with Gasteiger partial charge in [-0.3, -0.25) is 9.48 Å². The third kappa shape index (κ3) is 1.80. The van der Waals surface area contributed by atoms with Gasteiger partial charge in [-0.25, -0.2) is 0 Å². The fourth-order valence-corrected chi connectivity index (χ4v) is 2.36. The number of hydrogen-bond donors (Lipinski definition) is 0. The fraction of sp³-hybridized carbons (Fsp3) is 0.727.